The van der Waals surface area contributed by atoms with Crippen LogP contribution in [0, 0.1) is 0 Å². The predicted molar refractivity (Wildman–Crippen MR) is 94.9 cm³/mol. The fourth-order valence-corrected chi connectivity index (χ4v) is 5.62. The Morgan fingerprint density at radius 3 is 2.57 bits per heavy atom. The molecule has 1 aromatic rings. The summed E-state index contributed by atoms with van der Waals surface area (Å²) in [7, 11) is 0. The second-order valence-electron chi connectivity index (χ2n) is 6.86. The first-order chi connectivity index (χ1) is 10.1. The van der Waals surface area contributed by atoms with E-state index in [1.165, 1.54) is 61.0 Å². The molecule has 0 unspecified atom stereocenters. The number of nitrogens with one attached hydrogen (secondary N) is 1. The van der Waals surface area contributed by atoms with E-state index in [1.54, 1.807) is 0 Å². The molecule has 2 nitrogen and oxygen atoms in total. The molecule has 4 heteroatoms. The van der Waals surface area contributed by atoms with Crippen molar-refractivity contribution in [2.24, 2.45) is 0 Å². The van der Waals surface area contributed by atoms with E-state index in [9.17, 15) is 0 Å². The monoisotopic (exact) mass is 370 g/mol. The Morgan fingerprint density at radius 1 is 1.29 bits per heavy atom. The Hall–Kier alpha value is 0.1000. The molecule has 0 amide bonds. The Balaban J connectivity index is 1.82. The minimum atomic E-state index is 0.322. The van der Waals surface area contributed by atoms with E-state index in [0.717, 1.165) is 6.54 Å². The number of hydrogen-bond donors (Lipinski definition) is 1. The van der Waals surface area contributed by atoms with E-state index < -0.39 is 0 Å². The quantitative estimate of drug-likeness (QED) is 0.819. The molecule has 0 atom stereocenters. The zero-order valence-corrected chi connectivity index (χ0v) is 15.7. The van der Waals surface area contributed by atoms with Gasteiger partial charge in [0.05, 0.1) is 0 Å². The van der Waals surface area contributed by atoms with Gasteiger partial charge < -0.3 is 5.32 Å². The number of rotatable bonds is 4. The van der Waals surface area contributed by atoms with Crippen LogP contribution in [-0.4, -0.2) is 29.1 Å². The molecule has 118 valence electrons. The zero-order valence-electron chi connectivity index (χ0n) is 13.3. The molecule has 1 aromatic heterocycles. The van der Waals surface area contributed by atoms with Gasteiger partial charge in [0.15, 0.2) is 0 Å². The van der Waals surface area contributed by atoms with Crippen LogP contribution in [0.1, 0.15) is 57.2 Å². The molecule has 0 bridgehead atoms. The molecule has 0 aromatic carbocycles. The largest absolute Gasteiger partial charge is 0.308 e. The van der Waals surface area contributed by atoms with Crippen molar-refractivity contribution in [3.63, 3.8) is 0 Å². The highest BCUT2D eigenvalue weighted by Gasteiger charge is 2.47. The van der Waals surface area contributed by atoms with Crippen molar-refractivity contribution >= 4 is 27.3 Å². The molecule has 1 N–H and O–H groups in total. The summed E-state index contributed by atoms with van der Waals surface area (Å²) >= 11 is 5.49. The van der Waals surface area contributed by atoms with E-state index in [-0.39, 0.29) is 0 Å². The third-order valence-corrected chi connectivity index (χ3v) is 7.50. The van der Waals surface area contributed by atoms with Gasteiger partial charge in [0.25, 0.3) is 0 Å². The van der Waals surface area contributed by atoms with Crippen LogP contribution in [0.2, 0.25) is 0 Å². The lowest BCUT2D eigenvalue weighted by Crippen LogP contribution is -2.68. The number of halogens is 1. The first-order valence-electron chi connectivity index (χ1n) is 8.34. The maximum absolute atomic E-state index is 3.94. The fraction of sp³-hybridized carbons (Fsp3) is 0.765. The Kier molecular flexibility index (Phi) is 4.80. The van der Waals surface area contributed by atoms with Gasteiger partial charge in [-0.1, -0.05) is 26.7 Å². The van der Waals surface area contributed by atoms with Crippen molar-refractivity contribution < 1.29 is 0 Å². The topological polar surface area (TPSA) is 15.3 Å². The Bertz CT molecular complexity index is 475. The summed E-state index contributed by atoms with van der Waals surface area (Å²) in [5.41, 5.74) is 0.743. The first kappa shape index (κ1) is 16.0. The minimum absolute atomic E-state index is 0.322. The van der Waals surface area contributed by atoms with Gasteiger partial charge in [-0.3, -0.25) is 4.90 Å². The van der Waals surface area contributed by atoms with Crippen molar-refractivity contribution in [3.8, 4) is 0 Å². The summed E-state index contributed by atoms with van der Waals surface area (Å²) < 4.78 is 1.23. The summed E-state index contributed by atoms with van der Waals surface area (Å²) in [6.45, 7) is 8.18. The Labute approximate surface area is 141 Å². The summed E-state index contributed by atoms with van der Waals surface area (Å²) in [5.74, 6) is 0. The highest BCUT2D eigenvalue weighted by Crippen LogP contribution is 2.41. The number of nitrogens with zero attached hydrogens (tertiary/aromatic N) is 1. The maximum atomic E-state index is 3.94. The SMILES string of the molecule is CCC1(CC)CN(Cc2cc(Br)cs2)C2(CCCC2)CN1. The van der Waals surface area contributed by atoms with Crippen molar-refractivity contribution in [1.82, 2.24) is 10.2 Å². The molecule has 3 rings (SSSR count). The third-order valence-electron chi connectivity index (χ3n) is 5.81. The molecule has 1 saturated carbocycles. The van der Waals surface area contributed by atoms with E-state index in [0.29, 0.717) is 11.1 Å². The van der Waals surface area contributed by atoms with E-state index in [2.05, 4.69) is 51.4 Å². The molecule has 2 fully saturated rings. The molecule has 1 spiro atoms. The van der Waals surface area contributed by atoms with Crippen molar-refractivity contribution in [2.45, 2.75) is 70.0 Å². The van der Waals surface area contributed by atoms with Crippen LogP contribution in [0.3, 0.4) is 0 Å². The van der Waals surface area contributed by atoms with Crippen LogP contribution in [0.25, 0.3) is 0 Å². The highest BCUT2D eigenvalue weighted by molar-refractivity contribution is 9.10. The van der Waals surface area contributed by atoms with Gasteiger partial charge in [-0.05, 0) is 47.7 Å². The molecule has 0 radical (unpaired) electrons. The van der Waals surface area contributed by atoms with E-state index in [1.807, 2.05) is 11.3 Å². The molecule has 1 aliphatic heterocycles. The van der Waals surface area contributed by atoms with Crippen LogP contribution in [-0.2, 0) is 6.54 Å². The lowest BCUT2D eigenvalue weighted by atomic mass is 9.82. The van der Waals surface area contributed by atoms with Gasteiger partial charge in [-0.25, -0.2) is 0 Å². The second-order valence-corrected chi connectivity index (χ2v) is 8.77. The summed E-state index contributed by atoms with van der Waals surface area (Å²) in [6.07, 6.45) is 8.00. The van der Waals surface area contributed by atoms with Crippen LogP contribution < -0.4 is 5.32 Å². The minimum Gasteiger partial charge on any atom is -0.308 e. The van der Waals surface area contributed by atoms with Crippen molar-refractivity contribution in [3.05, 3.63) is 20.8 Å². The van der Waals surface area contributed by atoms with E-state index >= 15 is 0 Å². The predicted octanol–water partition coefficient (Wildman–Crippen LogP) is 4.79. The van der Waals surface area contributed by atoms with Crippen LogP contribution in [0.4, 0.5) is 0 Å². The average Bonchev–Trinajstić information content (AvgIpc) is 3.12. The second kappa shape index (κ2) is 6.31. The summed E-state index contributed by atoms with van der Waals surface area (Å²) in [5, 5.41) is 6.15. The number of hydrogen-bond acceptors (Lipinski definition) is 3. The first-order valence-corrected chi connectivity index (χ1v) is 10.0. The maximum Gasteiger partial charge on any atom is 0.0338 e. The lowest BCUT2D eigenvalue weighted by Gasteiger charge is -2.53. The molecule has 1 aliphatic carbocycles. The summed E-state index contributed by atoms with van der Waals surface area (Å²) in [6, 6.07) is 2.30. The van der Waals surface area contributed by atoms with Crippen LogP contribution in [0.15, 0.2) is 15.9 Å². The smallest absolute Gasteiger partial charge is 0.0338 e. The molecular formula is C17H27BrN2S. The zero-order chi connectivity index (χ0) is 14.9. The molecule has 2 aliphatic rings. The van der Waals surface area contributed by atoms with Crippen LogP contribution >= 0.6 is 27.3 Å². The van der Waals surface area contributed by atoms with Gasteiger partial charge in [0.2, 0.25) is 0 Å². The average molecular weight is 371 g/mol. The fourth-order valence-electron chi connectivity index (χ4n) is 4.15. The molecule has 21 heavy (non-hydrogen) atoms. The van der Waals surface area contributed by atoms with Gasteiger partial charge in [0, 0.05) is 45.4 Å². The molecule has 1 saturated heterocycles. The van der Waals surface area contributed by atoms with Gasteiger partial charge in [-0.2, -0.15) is 0 Å². The molecule has 2 heterocycles. The number of thiophene rings is 1. The number of piperazine rings is 1. The van der Waals surface area contributed by atoms with Crippen molar-refractivity contribution in [1.29, 1.82) is 0 Å². The van der Waals surface area contributed by atoms with Crippen molar-refractivity contribution in [2.75, 3.05) is 13.1 Å². The van der Waals surface area contributed by atoms with Crippen LogP contribution in [0.5, 0.6) is 0 Å². The third kappa shape index (κ3) is 3.10. The van der Waals surface area contributed by atoms with Gasteiger partial charge in [-0.15, -0.1) is 11.3 Å². The highest BCUT2D eigenvalue weighted by atomic mass is 79.9. The van der Waals surface area contributed by atoms with Gasteiger partial charge in [0.1, 0.15) is 0 Å². The molecular weight excluding hydrogens is 344 g/mol. The standard InChI is InChI=1S/C17H27BrN2S/c1-3-16(4-2)13-20(10-15-9-14(18)11-21-15)17(12-19-16)7-5-6-8-17/h9,11,19H,3-8,10,12-13H2,1-2H3. The normalized spacial score (nSPS) is 24.7. The van der Waals surface area contributed by atoms with Gasteiger partial charge >= 0.3 is 0 Å². The Morgan fingerprint density at radius 2 is 2.00 bits per heavy atom. The lowest BCUT2D eigenvalue weighted by molar-refractivity contribution is -0.00142. The summed E-state index contributed by atoms with van der Waals surface area (Å²) in [4.78, 5) is 4.32. The van der Waals surface area contributed by atoms with E-state index in [4.69, 9.17) is 0 Å².